The molecular formula is C43H50Cl2SiZr. The van der Waals surface area contributed by atoms with Gasteiger partial charge < -0.3 is 0 Å². The molecule has 6 aromatic carbocycles. The normalized spacial score (nSPS) is 11.1. The number of benzene rings is 4. The van der Waals surface area contributed by atoms with Gasteiger partial charge in [-0.05, 0) is 39.5 Å². The van der Waals surface area contributed by atoms with Crippen molar-refractivity contribution in [3.63, 3.8) is 0 Å². The van der Waals surface area contributed by atoms with E-state index in [-0.39, 0.29) is 10.8 Å². The first kappa shape index (κ1) is 39.2. The van der Waals surface area contributed by atoms with E-state index in [1.165, 1.54) is 66.1 Å². The van der Waals surface area contributed by atoms with Crippen LogP contribution in [0.4, 0.5) is 0 Å². The monoisotopic (exact) mass is 754 g/mol. The van der Waals surface area contributed by atoms with E-state index in [1.807, 2.05) is 0 Å². The second kappa shape index (κ2) is 18.0. The number of hydrogen-bond acceptors (Lipinski definition) is 0. The summed E-state index contributed by atoms with van der Waals surface area (Å²) in [5.74, 6) is 0. The molecule has 0 bridgehead atoms. The fourth-order valence-corrected chi connectivity index (χ4v) is 5.69. The Morgan fingerprint density at radius 2 is 1.00 bits per heavy atom. The van der Waals surface area contributed by atoms with Crippen LogP contribution in [0.15, 0.2) is 109 Å². The average Bonchev–Trinajstić information content (AvgIpc) is 3.64. The summed E-state index contributed by atoms with van der Waals surface area (Å²) >= 11 is -0.826. The molecule has 244 valence electrons. The summed E-state index contributed by atoms with van der Waals surface area (Å²) in [6, 6.07) is 40.4. The van der Waals surface area contributed by atoms with Gasteiger partial charge >= 0.3 is 37.9 Å². The van der Waals surface area contributed by atoms with Crippen molar-refractivity contribution in [2.45, 2.75) is 85.7 Å². The van der Waals surface area contributed by atoms with Crippen LogP contribution >= 0.6 is 17.0 Å². The van der Waals surface area contributed by atoms with Gasteiger partial charge in [0.2, 0.25) is 0 Å². The van der Waals surface area contributed by atoms with Gasteiger partial charge in [-0.1, -0.05) is 140 Å². The van der Waals surface area contributed by atoms with E-state index in [2.05, 4.69) is 178 Å². The summed E-state index contributed by atoms with van der Waals surface area (Å²) in [7, 11) is 11.0. The Bertz CT molecular complexity index is 1810. The van der Waals surface area contributed by atoms with Crippen molar-refractivity contribution in [2.75, 3.05) is 0 Å². The van der Waals surface area contributed by atoms with Crippen molar-refractivity contribution in [2.24, 2.45) is 0 Å². The Hall–Kier alpha value is -2.22. The molecule has 2 radical (unpaired) electrons. The molecular weight excluding hydrogens is 707 g/mol. The van der Waals surface area contributed by atoms with E-state index < -0.39 is 20.8 Å². The van der Waals surface area contributed by atoms with Crippen molar-refractivity contribution in [1.82, 2.24) is 0 Å². The number of halogens is 2. The summed E-state index contributed by atoms with van der Waals surface area (Å²) in [5.41, 5.74) is 11.2. The molecule has 4 heteroatoms. The van der Waals surface area contributed by atoms with E-state index >= 15 is 0 Å². The Labute approximate surface area is 306 Å². The van der Waals surface area contributed by atoms with Gasteiger partial charge in [-0.25, -0.2) is 0 Å². The number of hydrogen-bond donors (Lipinski definition) is 0. The predicted molar refractivity (Wildman–Crippen MR) is 211 cm³/mol. The van der Waals surface area contributed by atoms with E-state index in [0.717, 1.165) is 15.9 Å². The molecule has 0 saturated carbocycles. The molecule has 47 heavy (non-hydrogen) atoms. The Kier molecular flexibility index (Phi) is 15.0. The standard InChI is InChI=1S/C21H23.C20H21.C2H6Si.2ClH.Zr/c1-5-15-13-17-7-6-8-19(20(17)14-15)16-9-11-18(12-10-16)21(2,3)4;1-14-12-16-6-5-7-18(19(16)13-14)15-8-10-17(11-9-15)20(2,3)4;1-3-2;;;/h6-14H,5H2,1-4H3;5-13H,1-4H3;1-2H3;2*1H;/q2*-1;;;;+4/p-2. The summed E-state index contributed by atoms with van der Waals surface area (Å²) < 4.78 is 0. The van der Waals surface area contributed by atoms with Crippen LogP contribution in [0.25, 0.3) is 43.8 Å². The van der Waals surface area contributed by atoms with Gasteiger partial charge in [0.15, 0.2) is 0 Å². The first-order chi connectivity index (χ1) is 22.3. The molecule has 0 aromatic heterocycles. The Morgan fingerprint density at radius 1 is 0.617 bits per heavy atom. The summed E-state index contributed by atoms with van der Waals surface area (Å²) in [5, 5.41) is 5.41. The quantitative estimate of drug-likeness (QED) is 0.125. The number of aryl methyl sites for hydroxylation is 2. The van der Waals surface area contributed by atoms with Crippen LogP contribution in [0.2, 0.25) is 13.1 Å². The molecule has 0 amide bonds. The minimum absolute atomic E-state index is 0.209. The van der Waals surface area contributed by atoms with Crippen molar-refractivity contribution >= 4 is 48.1 Å². The molecule has 6 aromatic rings. The molecule has 0 saturated heterocycles. The topological polar surface area (TPSA) is 0 Å². The molecule has 0 unspecified atom stereocenters. The SMILES string of the molecule is CCc1cc2c(-c3ccc(C(C)(C)C)cc3)cccc2[cH-]1.C[Si]C.Cc1cc2c(-c3ccc(C(C)(C)C)cc3)cccc2[cH-]1.[Cl][Zr+2][Cl]. The molecule has 0 aliphatic carbocycles. The van der Waals surface area contributed by atoms with Crippen molar-refractivity contribution < 1.29 is 20.8 Å². The zero-order valence-corrected chi connectivity index (χ0v) is 34.8. The van der Waals surface area contributed by atoms with Crippen LogP contribution in [0.5, 0.6) is 0 Å². The first-order valence-corrected chi connectivity index (χ1v) is 24.7. The molecule has 0 spiro atoms. The van der Waals surface area contributed by atoms with Gasteiger partial charge in [0, 0.05) is 9.52 Å². The number of rotatable bonds is 3. The fraction of sp³-hybridized carbons (Fsp3) is 0.302. The average molecular weight is 757 g/mol. The molecule has 0 aliphatic rings. The zero-order chi connectivity index (χ0) is 34.8. The third kappa shape index (κ3) is 10.9. The third-order valence-corrected chi connectivity index (χ3v) is 8.24. The van der Waals surface area contributed by atoms with Crippen LogP contribution in [-0.4, -0.2) is 9.52 Å². The minimum atomic E-state index is -0.826. The molecule has 0 aliphatic heterocycles. The summed E-state index contributed by atoms with van der Waals surface area (Å²) in [4.78, 5) is 0. The van der Waals surface area contributed by atoms with Gasteiger partial charge in [-0.3, -0.25) is 0 Å². The molecule has 0 fully saturated rings. The first-order valence-electron chi connectivity index (χ1n) is 16.4. The van der Waals surface area contributed by atoms with Gasteiger partial charge in [0.1, 0.15) is 0 Å². The van der Waals surface area contributed by atoms with Crippen LogP contribution < -0.4 is 0 Å². The third-order valence-electron chi connectivity index (χ3n) is 8.24. The molecule has 6 rings (SSSR count). The van der Waals surface area contributed by atoms with Crippen LogP contribution in [0, 0.1) is 6.92 Å². The van der Waals surface area contributed by atoms with E-state index in [9.17, 15) is 0 Å². The molecule has 0 atom stereocenters. The maximum absolute atomic E-state index is 4.93. The van der Waals surface area contributed by atoms with E-state index in [4.69, 9.17) is 17.0 Å². The van der Waals surface area contributed by atoms with Gasteiger partial charge in [0.05, 0.1) is 0 Å². The van der Waals surface area contributed by atoms with Crippen LogP contribution in [0.1, 0.15) is 70.7 Å². The molecule has 0 heterocycles. The van der Waals surface area contributed by atoms with E-state index in [0.29, 0.717) is 0 Å². The molecule has 0 nitrogen and oxygen atoms in total. The van der Waals surface area contributed by atoms with Crippen molar-refractivity contribution in [1.29, 1.82) is 0 Å². The van der Waals surface area contributed by atoms with Crippen LogP contribution in [-0.2, 0) is 38.1 Å². The van der Waals surface area contributed by atoms with Crippen molar-refractivity contribution in [3.05, 3.63) is 131 Å². The van der Waals surface area contributed by atoms with Crippen molar-refractivity contribution in [3.8, 4) is 22.3 Å². The van der Waals surface area contributed by atoms with E-state index in [1.54, 1.807) is 0 Å². The van der Waals surface area contributed by atoms with Gasteiger partial charge in [-0.15, -0.1) is 69.1 Å². The second-order valence-electron chi connectivity index (χ2n) is 14.1. The summed E-state index contributed by atoms with van der Waals surface area (Å²) in [6.45, 7) is 22.2. The van der Waals surface area contributed by atoms with Gasteiger partial charge in [0.25, 0.3) is 0 Å². The van der Waals surface area contributed by atoms with Crippen LogP contribution in [0.3, 0.4) is 0 Å². The fourth-order valence-electron chi connectivity index (χ4n) is 5.69. The Balaban J connectivity index is 0.000000219. The maximum atomic E-state index is 4.93. The van der Waals surface area contributed by atoms with Gasteiger partial charge in [-0.2, -0.15) is 12.1 Å². The second-order valence-corrected chi connectivity index (χ2v) is 18.8. The number of fused-ring (bicyclic) bond motifs is 2. The predicted octanol–water partition coefficient (Wildman–Crippen LogP) is 14.1. The zero-order valence-electron chi connectivity index (χ0n) is 29.9. The Morgan fingerprint density at radius 3 is 1.38 bits per heavy atom. The summed E-state index contributed by atoms with van der Waals surface area (Å²) in [6.07, 6.45) is 1.09. The molecule has 0 N–H and O–H groups in total.